The van der Waals surface area contributed by atoms with E-state index in [9.17, 15) is 9.90 Å². The molecular formula is C20H17NO6. The number of nitrogens with zero attached hydrogens (tertiary/aromatic N) is 1. The third-order valence-corrected chi connectivity index (χ3v) is 5.00. The smallest absolute Gasteiger partial charge is 0.339 e. The highest BCUT2D eigenvalue weighted by Gasteiger charge is 2.34. The van der Waals surface area contributed by atoms with Crippen LogP contribution in [-0.2, 0) is 6.42 Å². The largest absolute Gasteiger partial charge is 0.478 e. The minimum Gasteiger partial charge on any atom is -0.478 e. The predicted octanol–water partition coefficient (Wildman–Crippen LogP) is 2.74. The van der Waals surface area contributed by atoms with Crippen molar-refractivity contribution in [2.75, 3.05) is 20.4 Å². The number of likely N-dealkylation sites (N-methyl/N-ethyl adjacent to an activating group) is 1. The minimum atomic E-state index is -1.04. The maximum absolute atomic E-state index is 11.4. The molecule has 0 saturated carbocycles. The third kappa shape index (κ3) is 2.54. The van der Waals surface area contributed by atoms with E-state index in [4.69, 9.17) is 18.9 Å². The van der Waals surface area contributed by atoms with E-state index < -0.39 is 12.3 Å². The molecule has 0 amide bonds. The van der Waals surface area contributed by atoms with Gasteiger partial charge in [-0.1, -0.05) is 6.07 Å². The first-order chi connectivity index (χ1) is 13.1. The van der Waals surface area contributed by atoms with E-state index in [-0.39, 0.29) is 18.1 Å². The van der Waals surface area contributed by atoms with Crippen molar-refractivity contribution in [3.63, 3.8) is 0 Å². The van der Waals surface area contributed by atoms with Crippen molar-refractivity contribution in [2.24, 2.45) is 0 Å². The molecule has 0 saturated heterocycles. The second kappa shape index (κ2) is 5.84. The Hall–Kier alpha value is -3.35. The van der Waals surface area contributed by atoms with Crippen LogP contribution in [0.1, 0.15) is 21.5 Å². The van der Waals surface area contributed by atoms with Gasteiger partial charge in [0.2, 0.25) is 6.79 Å². The Morgan fingerprint density at radius 1 is 1.15 bits per heavy atom. The Kier molecular flexibility index (Phi) is 3.43. The molecule has 2 aromatic carbocycles. The van der Waals surface area contributed by atoms with Crippen LogP contribution in [0.25, 0.3) is 6.08 Å². The van der Waals surface area contributed by atoms with Gasteiger partial charge in [0.05, 0.1) is 5.70 Å². The van der Waals surface area contributed by atoms with Crippen LogP contribution in [0, 0.1) is 0 Å². The van der Waals surface area contributed by atoms with E-state index in [1.807, 2.05) is 25.3 Å². The summed E-state index contributed by atoms with van der Waals surface area (Å²) in [6, 6.07) is 8.84. The van der Waals surface area contributed by atoms with Crippen molar-refractivity contribution >= 4 is 12.0 Å². The first-order valence-electron chi connectivity index (χ1n) is 8.65. The van der Waals surface area contributed by atoms with Crippen LogP contribution >= 0.6 is 0 Å². The molecule has 0 radical (unpaired) electrons. The summed E-state index contributed by atoms with van der Waals surface area (Å²) in [4.78, 5) is 13.5. The van der Waals surface area contributed by atoms with Crippen molar-refractivity contribution in [3.8, 4) is 23.0 Å². The molecule has 0 fully saturated rings. The number of hydrogen-bond donors (Lipinski definition) is 1. The molecule has 0 aromatic heterocycles. The van der Waals surface area contributed by atoms with Crippen molar-refractivity contribution < 1.29 is 28.8 Å². The number of benzene rings is 2. The summed E-state index contributed by atoms with van der Waals surface area (Å²) in [6.07, 6.45) is 2.13. The number of carboxylic acid groups (broad SMARTS) is 1. The Labute approximate surface area is 155 Å². The van der Waals surface area contributed by atoms with Crippen molar-refractivity contribution in [1.82, 2.24) is 4.90 Å². The Bertz CT molecular complexity index is 983. The molecule has 0 bridgehead atoms. The topological polar surface area (TPSA) is 77.5 Å². The highest BCUT2D eigenvalue weighted by Crippen LogP contribution is 2.42. The molecule has 1 N–H and O–H groups in total. The van der Waals surface area contributed by atoms with Gasteiger partial charge in [-0.15, -0.1) is 0 Å². The van der Waals surface area contributed by atoms with E-state index in [0.717, 1.165) is 41.3 Å². The zero-order valence-corrected chi connectivity index (χ0v) is 14.6. The van der Waals surface area contributed by atoms with E-state index in [1.54, 1.807) is 12.1 Å². The van der Waals surface area contributed by atoms with Gasteiger partial charge in [0.1, 0.15) is 5.56 Å². The number of carboxylic acids is 1. The molecule has 2 aromatic rings. The number of rotatable bonds is 2. The zero-order chi connectivity index (χ0) is 18.5. The summed E-state index contributed by atoms with van der Waals surface area (Å²) in [5.41, 5.74) is 3.08. The van der Waals surface area contributed by atoms with Gasteiger partial charge in [-0.05, 0) is 47.9 Å². The monoisotopic (exact) mass is 367 g/mol. The van der Waals surface area contributed by atoms with Crippen LogP contribution in [-0.4, -0.2) is 42.7 Å². The quantitative estimate of drug-likeness (QED) is 0.874. The van der Waals surface area contributed by atoms with E-state index in [0.29, 0.717) is 5.75 Å². The van der Waals surface area contributed by atoms with Crippen molar-refractivity contribution in [3.05, 3.63) is 52.7 Å². The Morgan fingerprint density at radius 3 is 2.78 bits per heavy atom. The van der Waals surface area contributed by atoms with Gasteiger partial charge in [-0.2, -0.15) is 0 Å². The second-order valence-electron chi connectivity index (χ2n) is 6.65. The average Bonchev–Trinajstić information content (AvgIpc) is 3.25. The van der Waals surface area contributed by atoms with Crippen LogP contribution in [0.5, 0.6) is 23.0 Å². The van der Waals surface area contributed by atoms with Crippen LogP contribution < -0.4 is 18.9 Å². The van der Waals surface area contributed by atoms with Gasteiger partial charge in [-0.3, -0.25) is 0 Å². The molecule has 3 heterocycles. The molecule has 138 valence electrons. The average molecular weight is 367 g/mol. The SMILES string of the molecule is CN1CCc2cc3c(cc2C=C1C1Oc2cccc(C(=O)O)c2O1)OCO3. The Morgan fingerprint density at radius 2 is 1.96 bits per heavy atom. The molecular weight excluding hydrogens is 350 g/mol. The fourth-order valence-corrected chi connectivity index (χ4v) is 3.55. The minimum absolute atomic E-state index is 0.0932. The molecule has 1 atom stereocenters. The number of para-hydroxylation sites is 1. The maximum atomic E-state index is 11.4. The fraction of sp³-hybridized carbons (Fsp3) is 0.250. The summed E-state index contributed by atoms with van der Waals surface area (Å²) in [5.74, 6) is 1.14. The van der Waals surface area contributed by atoms with Crippen LogP contribution in [0.4, 0.5) is 0 Å². The zero-order valence-electron chi connectivity index (χ0n) is 14.6. The third-order valence-electron chi connectivity index (χ3n) is 5.00. The highest BCUT2D eigenvalue weighted by atomic mass is 16.7. The number of ether oxygens (including phenoxy) is 4. The predicted molar refractivity (Wildman–Crippen MR) is 95.3 cm³/mol. The van der Waals surface area contributed by atoms with E-state index in [2.05, 4.69) is 4.90 Å². The summed E-state index contributed by atoms with van der Waals surface area (Å²) < 4.78 is 22.8. The van der Waals surface area contributed by atoms with Gasteiger partial charge in [0.25, 0.3) is 6.29 Å². The van der Waals surface area contributed by atoms with Gasteiger partial charge in [-0.25, -0.2) is 4.79 Å². The molecule has 3 aliphatic heterocycles. The first-order valence-corrected chi connectivity index (χ1v) is 8.65. The molecule has 27 heavy (non-hydrogen) atoms. The molecule has 1 unspecified atom stereocenters. The molecule has 5 rings (SSSR count). The van der Waals surface area contributed by atoms with Crippen LogP contribution in [0.2, 0.25) is 0 Å². The number of fused-ring (bicyclic) bond motifs is 3. The molecule has 7 nitrogen and oxygen atoms in total. The number of hydrogen-bond acceptors (Lipinski definition) is 6. The molecule has 7 heteroatoms. The summed E-state index contributed by atoms with van der Waals surface area (Å²) in [5, 5.41) is 9.38. The normalized spacial score (nSPS) is 19.4. The van der Waals surface area contributed by atoms with E-state index in [1.165, 1.54) is 6.07 Å². The van der Waals surface area contributed by atoms with Crippen LogP contribution in [0.15, 0.2) is 36.0 Å². The highest BCUT2D eigenvalue weighted by molar-refractivity contribution is 5.92. The van der Waals surface area contributed by atoms with E-state index >= 15 is 0 Å². The first kappa shape index (κ1) is 15.9. The molecule has 0 aliphatic carbocycles. The lowest BCUT2D eigenvalue weighted by Crippen LogP contribution is -2.32. The standard InChI is InChI=1S/C20H17NO6/c1-21-6-5-11-8-16-17(25-10-24-16)9-12(11)7-14(21)20-26-15-4-2-3-13(19(22)23)18(15)27-20/h2-4,7-9,20H,5-6,10H2,1H3,(H,22,23). The van der Waals surface area contributed by atoms with Gasteiger partial charge >= 0.3 is 5.97 Å². The van der Waals surface area contributed by atoms with Crippen LogP contribution in [0.3, 0.4) is 0 Å². The van der Waals surface area contributed by atoms with Gasteiger partial charge in [0, 0.05) is 13.6 Å². The number of aromatic carboxylic acids is 1. The maximum Gasteiger partial charge on any atom is 0.339 e. The number of carbonyl (C=O) groups is 1. The van der Waals surface area contributed by atoms with Crippen molar-refractivity contribution in [2.45, 2.75) is 12.7 Å². The summed E-state index contributed by atoms with van der Waals surface area (Å²) in [6.45, 7) is 1.00. The van der Waals surface area contributed by atoms with Gasteiger partial charge < -0.3 is 29.0 Å². The fourth-order valence-electron chi connectivity index (χ4n) is 3.55. The van der Waals surface area contributed by atoms with Crippen molar-refractivity contribution in [1.29, 1.82) is 0 Å². The lowest BCUT2D eigenvalue weighted by atomic mass is 10.0. The summed E-state index contributed by atoms with van der Waals surface area (Å²) >= 11 is 0. The van der Waals surface area contributed by atoms with Gasteiger partial charge in [0.15, 0.2) is 23.0 Å². The lowest BCUT2D eigenvalue weighted by Gasteiger charge is -2.24. The molecule has 3 aliphatic rings. The lowest BCUT2D eigenvalue weighted by molar-refractivity contribution is 0.0577. The second-order valence-corrected chi connectivity index (χ2v) is 6.65. The Balaban J connectivity index is 1.53. The molecule has 0 spiro atoms. The summed E-state index contributed by atoms with van der Waals surface area (Å²) in [7, 11) is 1.96.